The Bertz CT molecular complexity index is 365. The molecule has 4 heteroatoms. The normalized spacial score (nSPS) is 9.29. The standard InChI is InChI=1S/C10H12ClN3/c1-13-5-3-2-4-8-7-14-10(12)6-9(8)11/h6-7,13H,3,5H2,1H3,(H2,12,14). The lowest BCUT2D eigenvalue weighted by molar-refractivity contribution is 0.818. The SMILES string of the molecule is CNCCC#Cc1cnc(N)cc1Cl. The molecular weight excluding hydrogens is 198 g/mol. The van der Waals surface area contributed by atoms with Crippen molar-refractivity contribution in [1.82, 2.24) is 10.3 Å². The van der Waals surface area contributed by atoms with E-state index in [0.717, 1.165) is 18.5 Å². The van der Waals surface area contributed by atoms with Crippen molar-refractivity contribution in [2.24, 2.45) is 0 Å². The van der Waals surface area contributed by atoms with Gasteiger partial charge in [-0.1, -0.05) is 23.4 Å². The van der Waals surface area contributed by atoms with Gasteiger partial charge in [-0.2, -0.15) is 0 Å². The van der Waals surface area contributed by atoms with Gasteiger partial charge in [0.15, 0.2) is 0 Å². The zero-order chi connectivity index (χ0) is 10.4. The number of nitrogens with one attached hydrogen (secondary N) is 1. The number of anilines is 1. The van der Waals surface area contributed by atoms with Crippen molar-refractivity contribution in [3.05, 3.63) is 22.8 Å². The Morgan fingerprint density at radius 3 is 3.07 bits per heavy atom. The average molecular weight is 210 g/mol. The minimum Gasteiger partial charge on any atom is -0.384 e. The molecule has 0 aliphatic carbocycles. The fourth-order valence-electron chi connectivity index (χ4n) is 0.883. The molecule has 1 rings (SSSR count). The summed E-state index contributed by atoms with van der Waals surface area (Å²) in [6.45, 7) is 0.868. The van der Waals surface area contributed by atoms with E-state index in [2.05, 4.69) is 22.1 Å². The third-order valence-electron chi connectivity index (χ3n) is 1.60. The molecule has 74 valence electrons. The summed E-state index contributed by atoms with van der Waals surface area (Å²) in [6.07, 6.45) is 2.38. The second-order valence-electron chi connectivity index (χ2n) is 2.74. The fraction of sp³-hybridized carbons (Fsp3) is 0.300. The maximum atomic E-state index is 5.90. The molecule has 0 spiro atoms. The predicted molar refractivity (Wildman–Crippen MR) is 59.1 cm³/mol. The number of pyridine rings is 1. The Labute approximate surface area is 88.7 Å². The van der Waals surface area contributed by atoms with E-state index < -0.39 is 0 Å². The monoisotopic (exact) mass is 209 g/mol. The van der Waals surface area contributed by atoms with Gasteiger partial charge in [-0.05, 0) is 7.05 Å². The second kappa shape index (κ2) is 5.48. The first-order chi connectivity index (χ1) is 6.74. The Hall–Kier alpha value is -1.24. The van der Waals surface area contributed by atoms with Gasteiger partial charge in [0.1, 0.15) is 5.82 Å². The summed E-state index contributed by atoms with van der Waals surface area (Å²) < 4.78 is 0. The molecule has 0 aromatic carbocycles. The minimum atomic E-state index is 0.413. The lowest BCUT2D eigenvalue weighted by Gasteiger charge is -1.96. The number of rotatable bonds is 2. The zero-order valence-electron chi connectivity index (χ0n) is 7.97. The molecule has 0 bridgehead atoms. The van der Waals surface area contributed by atoms with Gasteiger partial charge < -0.3 is 11.1 Å². The number of hydrogen-bond acceptors (Lipinski definition) is 3. The van der Waals surface area contributed by atoms with Crippen LogP contribution in [0.5, 0.6) is 0 Å². The fourth-order valence-corrected chi connectivity index (χ4v) is 1.09. The molecule has 1 heterocycles. The van der Waals surface area contributed by atoms with E-state index in [1.54, 1.807) is 12.3 Å². The van der Waals surface area contributed by atoms with Crippen LogP contribution in [-0.4, -0.2) is 18.6 Å². The number of nitrogens with two attached hydrogens (primary N) is 1. The molecule has 0 aliphatic rings. The van der Waals surface area contributed by atoms with Crippen LogP contribution < -0.4 is 11.1 Å². The van der Waals surface area contributed by atoms with Gasteiger partial charge in [-0.3, -0.25) is 0 Å². The first kappa shape index (κ1) is 10.8. The molecule has 0 saturated carbocycles. The highest BCUT2D eigenvalue weighted by molar-refractivity contribution is 6.31. The highest BCUT2D eigenvalue weighted by atomic mass is 35.5. The first-order valence-electron chi connectivity index (χ1n) is 4.28. The van der Waals surface area contributed by atoms with E-state index >= 15 is 0 Å². The smallest absolute Gasteiger partial charge is 0.124 e. The van der Waals surface area contributed by atoms with E-state index in [4.69, 9.17) is 17.3 Å². The van der Waals surface area contributed by atoms with Crippen LogP contribution >= 0.6 is 11.6 Å². The van der Waals surface area contributed by atoms with Gasteiger partial charge in [-0.15, -0.1) is 0 Å². The highest BCUT2D eigenvalue weighted by Gasteiger charge is 1.97. The third kappa shape index (κ3) is 3.25. The lowest BCUT2D eigenvalue weighted by atomic mass is 10.2. The first-order valence-corrected chi connectivity index (χ1v) is 4.66. The summed E-state index contributed by atoms with van der Waals surface area (Å²) in [7, 11) is 1.89. The van der Waals surface area contributed by atoms with Crippen molar-refractivity contribution >= 4 is 17.4 Å². The summed E-state index contributed by atoms with van der Waals surface area (Å²) in [5.41, 5.74) is 6.17. The molecule has 0 unspecified atom stereocenters. The average Bonchev–Trinajstić information content (AvgIpc) is 2.15. The molecule has 0 atom stereocenters. The van der Waals surface area contributed by atoms with E-state index in [-0.39, 0.29) is 0 Å². The van der Waals surface area contributed by atoms with E-state index in [9.17, 15) is 0 Å². The van der Waals surface area contributed by atoms with Crippen LogP contribution in [0.2, 0.25) is 5.02 Å². The van der Waals surface area contributed by atoms with Gasteiger partial charge >= 0.3 is 0 Å². The largest absolute Gasteiger partial charge is 0.384 e. The maximum absolute atomic E-state index is 5.90. The van der Waals surface area contributed by atoms with Gasteiger partial charge in [0.25, 0.3) is 0 Å². The topological polar surface area (TPSA) is 50.9 Å². The minimum absolute atomic E-state index is 0.413. The number of hydrogen-bond donors (Lipinski definition) is 2. The molecule has 3 nitrogen and oxygen atoms in total. The van der Waals surface area contributed by atoms with Gasteiger partial charge in [0, 0.05) is 25.2 Å². The Kier molecular flexibility index (Phi) is 4.24. The number of halogens is 1. The molecule has 0 aliphatic heterocycles. The summed E-state index contributed by atoms with van der Waals surface area (Å²) in [5.74, 6) is 6.33. The maximum Gasteiger partial charge on any atom is 0.124 e. The molecule has 3 N–H and O–H groups in total. The molecular formula is C10H12ClN3. The van der Waals surface area contributed by atoms with Crippen LogP contribution in [0, 0.1) is 11.8 Å². The van der Waals surface area contributed by atoms with E-state index in [1.807, 2.05) is 7.05 Å². The summed E-state index contributed by atoms with van der Waals surface area (Å²) >= 11 is 5.90. The molecule has 1 aromatic heterocycles. The molecule has 0 saturated heterocycles. The van der Waals surface area contributed by atoms with Crippen molar-refractivity contribution in [3.63, 3.8) is 0 Å². The lowest BCUT2D eigenvalue weighted by Crippen LogP contribution is -2.05. The Morgan fingerprint density at radius 1 is 1.64 bits per heavy atom. The molecule has 0 radical (unpaired) electrons. The summed E-state index contributed by atoms with van der Waals surface area (Å²) in [6, 6.07) is 1.60. The number of aromatic nitrogens is 1. The van der Waals surface area contributed by atoms with Crippen LogP contribution in [0.25, 0.3) is 0 Å². The predicted octanol–water partition coefficient (Wildman–Crippen LogP) is 1.28. The van der Waals surface area contributed by atoms with Gasteiger partial charge in [0.05, 0.1) is 10.6 Å². The molecule has 0 amide bonds. The zero-order valence-corrected chi connectivity index (χ0v) is 8.73. The van der Waals surface area contributed by atoms with Crippen molar-refractivity contribution in [3.8, 4) is 11.8 Å². The van der Waals surface area contributed by atoms with Gasteiger partial charge in [-0.25, -0.2) is 4.98 Å². The molecule has 1 aromatic rings. The molecule has 0 fully saturated rings. The van der Waals surface area contributed by atoms with Crippen LogP contribution in [0.15, 0.2) is 12.3 Å². The van der Waals surface area contributed by atoms with Crippen LogP contribution in [0.4, 0.5) is 5.82 Å². The van der Waals surface area contributed by atoms with Crippen LogP contribution in [-0.2, 0) is 0 Å². The van der Waals surface area contributed by atoms with Gasteiger partial charge in [0.2, 0.25) is 0 Å². The number of nitrogen functional groups attached to an aromatic ring is 1. The summed E-state index contributed by atoms with van der Waals surface area (Å²) in [5, 5.41) is 3.56. The highest BCUT2D eigenvalue weighted by Crippen LogP contribution is 2.15. The quantitative estimate of drug-likeness (QED) is 0.570. The van der Waals surface area contributed by atoms with E-state index in [0.29, 0.717) is 10.8 Å². The number of nitrogens with zero attached hydrogens (tertiary/aromatic N) is 1. The third-order valence-corrected chi connectivity index (χ3v) is 1.91. The summed E-state index contributed by atoms with van der Waals surface area (Å²) in [4.78, 5) is 3.91. The van der Waals surface area contributed by atoms with Crippen LogP contribution in [0.3, 0.4) is 0 Å². The Morgan fingerprint density at radius 2 is 2.43 bits per heavy atom. The van der Waals surface area contributed by atoms with Crippen molar-refractivity contribution in [2.45, 2.75) is 6.42 Å². The van der Waals surface area contributed by atoms with Crippen molar-refractivity contribution < 1.29 is 0 Å². The second-order valence-corrected chi connectivity index (χ2v) is 3.15. The Balaban J connectivity index is 2.70. The molecule has 14 heavy (non-hydrogen) atoms. The van der Waals surface area contributed by atoms with Crippen molar-refractivity contribution in [2.75, 3.05) is 19.3 Å². The van der Waals surface area contributed by atoms with E-state index in [1.165, 1.54) is 0 Å². The van der Waals surface area contributed by atoms with Crippen molar-refractivity contribution in [1.29, 1.82) is 0 Å². The van der Waals surface area contributed by atoms with Crippen LogP contribution in [0.1, 0.15) is 12.0 Å².